The van der Waals surface area contributed by atoms with E-state index in [1.807, 2.05) is 6.92 Å². The summed E-state index contributed by atoms with van der Waals surface area (Å²) in [4.78, 5) is 11.6. The Hall–Kier alpha value is -0.610. The van der Waals surface area contributed by atoms with Gasteiger partial charge in [0.05, 0.1) is 12.1 Å². The first-order valence-electron chi connectivity index (χ1n) is 5.87. The molecule has 0 aromatic heterocycles. The number of nitrogens with one attached hydrogen (secondary N) is 1. The second kappa shape index (κ2) is 6.08. The van der Waals surface area contributed by atoms with Gasteiger partial charge < -0.3 is 16.2 Å². The molecule has 0 spiro atoms. The number of amides is 1. The first-order chi connectivity index (χ1) is 7.13. The van der Waals surface area contributed by atoms with Crippen LogP contribution in [0.5, 0.6) is 0 Å². The Bertz CT molecular complexity index is 209. The molecule has 1 saturated carbocycles. The summed E-state index contributed by atoms with van der Waals surface area (Å²) in [7, 11) is 0. The zero-order valence-corrected chi connectivity index (χ0v) is 9.41. The van der Waals surface area contributed by atoms with Crippen LogP contribution in [0.25, 0.3) is 0 Å². The normalized spacial score (nSPS) is 28.5. The Labute approximate surface area is 91.2 Å². The van der Waals surface area contributed by atoms with Gasteiger partial charge >= 0.3 is 0 Å². The molecule has 4 heteroatoms. The van der Waals surface area contributed by atoms with Crippen LogP contribution in [0, 0.1) is 0 Å². The van der Waals surface area contributed by atoms with Gasteiger partial charge in [0.25, 0.3) is 0 Å². The zero-order chi connectivity index (χ0) is 11.3. The fraction of sp³-hybridized carbons (Fsp3) is 0.909. The van der Waals surface area contributed by atoms with E-state index in [1.54, 1.807) is 0 Å². The molecule has 15 heavy (non-hydrogen) atoms. The van der Waals surface area contributed by atoms with Crippen LogP contribution in [0.3, 0.4) is 0 Å². The Morgan fingerprint density at radius 2 is 2.33 bits per heavy atom. The summed E-state index contributed by atoms with van der Waals surface area (Å²) >= 11 is 0. The molecule has 1 rings (SSSR count). The molecule has 0 saturated heterocycles. The minimum Gasteiger partial charge on any atom is -0.393 e. The molecule has 0 aliphatic heterocycles. The van der Waals surface area contributed by atoms with Gasteiger partial charge in [-0.05, 0) is 32.1 Å². The number of aliphatic hydroxyl groups excluding tert-OH is 1. The molecule has 0 bridgehead atoms. The van der Waals surface area contributed by atoms with Crippen LogP contribution in [0.1, 0.15) is 45.4 Å². The van der Waals surface area contributed by atoms with Crippen LogP contribution < -0.4 is 11.1 Å². The summed E-state index contributed by atoms with van der Waals surface area (Å²) in [6.45, 7) is 2.01. The minimum atomic E-state index is -0.394. The molecule has 1 amide bonds. The van der Waals surface area contributed by atoms with Crippen LogP contribution in [-0.4, -0.2) is 29.2 Å². The maximum Gasteiger partial charge on any atom is 0.237 e. The first-order valence-corrected chi connectivity index (χ1v) is 5.87. The van der Waals surface area contributed by atoms with Gasteiger partial charge in [0.15, 0.2) is 0 Å². The molecule has 0 heterocycles. The lowest BCUT2D eigenvalue weighted by molar-refractivity contribution is -0.123. The average molecular weight is 214 g/mol. The second-order valence-corrected chi connectivity index (χ2v) is 4.42. The molecule has 0 aromatic carbocycles. The maximum absolute atomic E-state index is 11.6. The highest BCUT2D eigenvalue weighted by Crippen LogP contribution is 2.18. The molecule has 4 nitrogen and oxygen atoms in total. The van der Waals surface area contributed by atoms with Crippen molar-refractivity contribution in [3.63, 3.8) is 0 Å². The smallest absolute Gasteiger partial charge is 0.237 e. The highest BCUT2D eigenvalue weighted by atomic mass is 16.3. The van der Waals surface area contributed by atoms with Crippen molar-refractivity contribution in [1.82, 2.24) is 5.32 Å². The van der Waals surface area contributed by atoms with E-state index in [9.17, 15) is 9.90 Å². The van der Waals surface area contributed by atoms with Gasteiger partial charge in [0, 0.05) is 6.04 Å². The molecule has 2 unspecified atom stereocenters. The Balaban J connectivity index is 2.30. The number of carbonyl (C=O) groups is 1. The van der Waals surface area contributed by atoms with Gasteiger partial charge in [-0.15, -0.1) is 0 Å². The van der Waals surface area contributed by atoms with E-state index >= 15 is 0 Å². The van der Waals surface area contributed by atoms with Gasteiger partial charge in [0.1, 0.15) is 0 Å². The van der Waals surface area contributed by atoms with Crippen LogP contribution >= 0.6 is 0 Å². The number of aliphatic hydroxyl groups is 1. The molecule has 0 aromatic rings. The minimum absolute atomic E-state index is 0.0732. The number of hydrogen-bond acceptors (Lipinski definition) is 3. The summed E-state index contributed by atoms with van der Waals surface area (Å²) in [5.41, 5.74) is 5.71. The lowest BCUT2D eigenvalue weighted by atomic mass is 9.93. The molecule has 1 fully saturated rings. The molecule has 0 radical (unpaired) electrons. The summed E-state index contributed by atoms with van der Waals surface area (Å²) < 4.78 is 0. The van der Waals surface area contributed by atoms with Crippen molar-refractivity contribution >= 4 is 5.91 Å². The predicted molar refractivity (Wildman–Crippen MR) is 59.3 cm³/mol. The van der Waals surface area contributed by atoms with Gasteiger partial charge in [0.2, 0.25) is 5.91 Å². The summed E-state index contributed by atoms with van der Waals surface area (Å²) in [5.74, 6) is -0.0732. The molecule has 4 N–H and O–H groups in total. The van der Waals surface area contributed by atoms with Crippen LogP contribution in [0.2, 0.25) is 0 Å². The summed E-state index contributed by atoms with van der Waals surface area (Å²) in [6, 6.07) is -0.279. The quantitative estimate of drug-likeness (QED) is 0.639. The third kappa shape index (κ3) is 4.18. The monoisotopic (exact) mass is 214 g/mol. The standard InChI is InChI=1S/C11H22N2O2/c1-2-4-10(12)11(15)13-8-5-3-6-9(14)7-8/h8-10,14H,2-7,12H2,1H3,(H,13,15)/t8?,9?,10-/m1/s1. The lowest BCUT2D eigenvalue weighted by Crippen LogP contribution is -2.47. The van der Waals surface area contributed by atoms with Gasteiger partial charge in [-0.25, -0.2) is 0 Å². The topological polar surface area (TPSA) is 75.4 Å². The number of nitrogens with two attached hydrogens (primary N) is 1. The lowest BCUT2D eigenvalue weighted by Gasteiger charge is -2.27. The van der Waals surface area contributed by atoms with Crippen molar-refractivity contribution in [3.05, 3.63) is 0 Å². The third-order valence-electron chi connectivity index (χ3n) is 2.93. The Kier molecular flexibility index (Phi) is 5.05. The van der Waals surface area contributed by atoms with Crippen LogP contribution in [0.4, 0.5) is 0 Å². The average Bonchev–Trinajstić information content (AvgIpc) is 2.18. The third-order valence-corrected chi connectivity index (χ3v) is 2.93. The molecular weight excluding hydrogens is 192 g/mol. The van der Waals surface area contributed by atoms with E-state index in [0.29, 0.717) is 6.42 Å². The first kappa shape index (κ1) is 12.5. The summed E-state index contributed by atoms with van der Waals surface area (Å²) in [5, 5.41) is 12.4. The van der Waals surface area contributed by atoms with Gasteiger partial charge in [-0.3, -0.25) is 4.79 Å². The highest BCUT2D eigenvalue weighted by molar-refractivity contribution is 5.81. The number of hydrogen-bond donors (Lipinski definition) is 3. The van der Waals surface area contributed by atoms with Crippen molar-refractivity contribution in [1.29, 1.82) is 0 Å². The number of rotatable bonds is 4. The fourth-order valence-corrected chi connectivity index (χ4v) is 2.05. The molecule has 3 atom stereocenters. The van der Waals surface area contributed by atoms with Gasteiger partial charge in [-0.2, -0.15) is 0 Å². The van der Waals surface area contributed by atoms with Crippen molar-refractivity contribution in [2.45, 2.75) is 63.6 Å². The molecule has 88 valence electrons. The zero-order valence-electron chi connectivity index (χ0n) is 9.41. The van der Waals surface area contributed by atoms with Crippen molar-refractivity contribution < 1.29 is 9.90 Å². The summed E-state index contributed by atoms with van der Waals surface area (Å²) in [6.07, 6.45) is 4.85. The van der Waals surface area contributed by atoms with E-state index in [0.717, 1.165) is 32.1 Å². The van der Waals surface area contributed by atoms with E-state index in [1.165, 1.54) is 0 Å². The van der Waals surface area contributed by atoms with Crippen LogP contribution in [0.15, 0.2) is 0 Å². The van der Waals surface area contributed by atoms with E-state index in [2.05, 4.69) is 5.32 Å². The highest BCUT2D eigenvalue weighted by Gasteiger charge is 2.23. The maximum atomic E-state index is 11.6. The van der Waals surface area contributed by atoms with Crippen molar-refractivity contribution in [3.8, 4) is 0 Å². The fourth-order valence-electron chi connectivity index (χ4n) is 2.05. The Morgan fingerprint density at radius 1 is 1.60 bits per heavy atom. The van der Waals surface area contributed by atoms with Crippen molar-refractivity contribution in [2.24, 2.45) is 5.73 Å². The number of carbonyl (C=O) groups excluding carboxylic acids is 1. The largest absolute Gasteiger partial charge is 0.393 e. The molecule has 1 aliphatic carbocycles. The van der Waals surface area contributed by atoms with Gasteiger partial charge in [-0.1, -0.05) is 13.3 Å². The molecule has 1 aliphatic rings. The second-order valence-electron chi connectivity index (χ2n) is 4.42. The Morgan fingerprint density at radius 3 is 2.93 bits per heavy atom. The van der Waals surface area contributed by atoms with E-state index < -0.39 is 6.04 Å². The van der Waals surface area contributed by atoms with E-state index in [-0.39, 0.29) is 18.1 Å². The van der Waals surface area contributed by atoms with Crippen molar-refractivity contribution in [2.75, 3.05) is 0 Å². The van der Waals surface area contributed by atoms with E-state index in [4.69, 9.17) is 5.73 Å². The predicted octanol–water partition coefficient (Wildman–Crippen LogP) is 0.533. The van der Waals surface area contributed by atoms with Crippen LogP contribution in [-0.2, 0) is 4.79 Å². The molecular formula is C11H22N2O2. The SMILES string of the molecule is CCC[C@@H](N)C(=O)NC1CCCC(O)C1.